The van der Waals surface area contributed by atoms with Crippen molar-refractivity contribution in [2.45, 2.75) is 6.04 Å². The zero-order valence-electron chi connectivity index (χ0n) is 11.4. The van der Waals surface area contributed by atoms with Gasteiger partial charge in [0.15, 0.2) is 5.43 Å². The predicted octanol–water partition coefficient (Wildman–Crippen LogP) is 1.00. The lowest BCUT2D eigenvalue weighted by atomic mass is 10.2. The average Bonchev–Trinajstić information content (AvgIpc) is 2.92. The van der Waals surface area contributed by atoms with Gasteiger partial charge in [0.25, 0.3) is 5.91 Å². The molecule has 2 heterocycles. The summed E-state index contributed by atoms with van der Waals surface area (Å²) in [5, 5.41) is 2.75. The van der Waals surface area contributed by atoms with Crippen molar-refractivity contribution in [2.75, 3.05) is 20.6 Å². The number of H-pyrrole nitrogens is 1. The summed E-state index contributed by atoms with van der Waals surface area (Å²) >= 11 is 0. The van der Waals surface area contributed by atoms with Crippen LogP contribution in [-0.4, -0.2) is 36.4 Å². The molecule has 2 aromatic rings. The van der Waals surface area contributed by atoms with Crippen LogP contribution in [0.15, 0.2) is 46.1 Å². The molecule has 106 valence electrons. The SMILES string of the molecule is CN(C)C(CNC(=O)c1c[nH]ccc1=O)c1ccco1. The maximum absolute atomic E-state index is 12.0. The highest BCUT2D eigenvalue weighted by molar-refractivity contribution is 5.93. The fourth-order valence-electron chi connectivity index (χ4n) is 1.90. The number of carbonyl (C=O) groups is 1. The average molecular weight is 275 g/mol. The van der Waals surface area contributed by atoms with Gasteiger partial charge in [-0.3, -0.25) is 14.5 Å². The number of pyridine rings is 1. The van der Waals surface area contributed by atoms with Gasteiger partial charge in [0, 0.05) is 25.0 Å². The summed E-state index contributed by atoms with van der Waals surface area (Å²) in [6, 6.07) is 4.89. The minimum Gasteiger partial charge on any atom is -0.468 e. The Morgan fingerprint density at radius 1 is 1.45 bits per heavy atom. The molecule has 2 rings (SSSR count). The predicted molar refractivity (Wildman–Crippen MR) is 74.5 cm³/mol. The Hall–Kier alpha value is -2.34. The second kappa shape index (κ2) is 6.21. The molecule has 0 aliphatic heterocycles. The Morgan fingerprint density at radius 3 is 2.85 bits per heavy atom. The van der Waals surface area contributed by atoms with E-state index in [0.717, 1.165) is 5.76 Å². The summed E-state index contributed by atoms with van der Waals surface area (Å²) in [5.74, 6) is 0.363. The molecule has 0 aliphatic rings. The molecular weight excluding hydrogens is 258 g/mol. The second-order valence-electron chi connectivity index (χ2n) is 4.63. The van der Waals surface area contributed by atoms with Crippen molar-refractivity contribution in [3.05, 3.63) is 58.4 Å². The largest absolute Gasteiger partial charge is 0.468 e. The van der Waals surface area contributed by atoms with Crippen LogP contribution in [-0.2, 0) is 0 Å². The zero-order valence-corrected chi connectivity index (χ0v) is 11.4. The quantitative estimate of drug-likeness (QED) is 0.853. The lowest BCUT2D eigenvalue weighted by Gasteiger charge is -2.22. The van der Waals surface area contributed by atoms with E-state index in [1.165, 1.54) is 18.5 Å². The molecule has 0 bridgehead atoms. The Labute approximate surface area is 116 Å². The van der Waals surface area contributed by atoms with Gasteiger partial charge in [-0.15, -0.1) is 0 Å². The van der Waals surface area contributed by atoms with Crippen molar-refractivity contribution in [3.8, 4) is 0 Å². The van der Waals surface area contributed by atoms with Crippen molar-refractivity contribution in [1.82, 2.24) is 15.2 Å². The molecule has 1 atom stereocenters. The first-order valence-electron chi connectivity index (χ1n) is 6.24. The molecule has 6 heteroatoms. The summed E-state index contributed by atoms with van der Waals surface area (Å²) < 4.78 is 5.36. The van der Waals surface area contributed by atoms with Crippen molar-refractivity contribution in [2.24, 2.45) is 0 Å². The normalized spacial score (nSPS) is 12.3. The third-order valence-corrected chi connectivity index (χ3v) is 3.02. The molecule has 0 radical (unpaired) electrons. The number of furan rings is 1. The van der Waals surface area contributed by atoms with E-state index >= 15 is 0 Å². The van der Waals surface area contributed by atoms with Gasteiger partial charge in [-0.05, 0) is 26.2 Å². The Kier molecular flexibility index (Phi) is 4.37. The number of hydrogen-bond donors (Lipinski definition) is 2. The van der Waals surface area contributed by atoms with E-state index in [9.17, 15) is 9.59 Å². The topological polar surface area (TPSA) is 78.3 Å². The van der Waals surface area contributed by atoms with Gasteiger partial charge in [0.05, 0.1) is 12.3 Å². The van der Waals surface area contributed by atoms with Crippen LogP contribution in [0.3, 0.4) is 0 Å². The fraction of sp³-hybridized carbons (Fsp3) is 0.286. The monoisotopic (exact) mass is 275 g/mol. The van der Waals surface area contributed by atoms with Crippen LogP contribution in [0.1, 0.15) is 22.2 Å². The summed E-state index contributed by atoms with van der Waals surface area (Å²) in [4.78, 5) is 28.2. The minimum atomic E-state index is -0.398. The number of aromatic nitrogens is 1. The molecule has 0 saturated heterocycles. The van der Waals surface area contributed by atoms with Gasteiger partial charge in [-0.2, -0.15) is 0 Å². The maximum atomic E-state index is 12.0. The van der Waals surface area contributed by atoms with Gasteiger partial charge in [0.2, 0.25) is 0 Å². The summed E-state index contributed by atoms with van der Waals surface area (Å²) in [6.07, 6.45) is 4.48. The molecule has 20 heavy (non-hydrogen) atoms. The van der Waals surface area contributed by atoms with Crippen molar-refractivity contribution in [3.63, 3.8) is 0 Å². The minimum absolute atomic E-state index is 0.0863. The maximum Gasteiger partial charge on any atom is 0.256 e. The third kappa shape index (κ3) is 3.16. The number of nitrogens with zero attached hydrogens (tertiary/aromatic N) is 1. The van der Waals surface area contributed by atoms with E-state index < -0.39 is 5.91 Å². The van der Waals surface area contributed by atoms with Crippen LogP contribution in [0.5, 0.6) is 0 Å². The van der Waals surface area contributed by atoms with Crippen LogP contribution < -0.4 is 10.7 Å². The molecule has 0 fully saturated rings. The molecule has 2 aromatic heterocycles. The smallest absolute Gasteiger partial charge is 0.256 e. The molecule has 2 N–H and O–H groups in total. The van der Waals surface area contributed by atoms with Gasteiger partial charge in [-0.1, -0.05) is 0 Å². The van der Waals surface area contributed by atoms with Gasteiger partial charge >= 0.3 is 0 Å². The first-order valence-corrected chi connectivity index (χ1v) is 6.24. The fourth-order valence-corrected chi connectivity index (χ4v) is 1.90. The van der Waals surface area contributed by atoms with Crippen LogP contribution in [0, 0.1) is 0 Å². The molecule has 1 amide bonds. The Morgan fingerprint density at radius 2 is 2.25 bits per heavy atom. The summed E-state index contributed by atoms with van der Waals surface area (Å²) in [6.45, 7) is 0.355. The molecular formula is C14H17N3O3. The highest BCUT2D eigenvalue weighted by Crippen LogP contribution is 2.17. The van der Waals surface area contributed by atoms with E-state index in [-0.39, 0.29) is 17.0 Å². The number of nitrogens with one attached hydrogen (secondary N) is 2. The van der Waals surface area contributed by atoms with Gasteiger partial charge in [-0.25, -0.2) is 0 Å². The standard InChI is InChI=1S/C14H17N3O3/c1-17(2)11(13-4-3-7-20-13)9-16-14(19)10-8-15-6-5-12(10)18/h3-8,11H,9H2,1-2H3,(H,15,18)(H,16,19). The Balaban J connectivity index is 2.05. The second-order valence-corrected chi connectivity index (χ2v) is 4.63. The lowest BCUT2D eigenvalue weighted by molar-refractivity contribution is 0.0937. The first-order chi connectivity index (χ1) is 9.59. The number of aromatic amines is 1. The molecule has 6 nitrogen and oxygen atoms in total. The number of hydrogen-bond acceptors (Lipinski definition) is 4. The van der Waals surface area contributed by atoms with E-state index in [1.807, 2.05) is 25.1 Å². The van der Waals surface area contributed by atoms with Crippen LogP contribution in [0.25, 0.3) is 0 Å². The van der Waals surface area contributed by atoms with Crippen molar-refractivity contribution in [1.29, 1.82) is 0 Å². The third-order valence-electron chi connectivity index (χ3n) is 3.02. The van der Waals surface area contributed by atoms with E-state index in [2.05, 4.69) is 10.3 Å². The first kappa shape index (κ1) is 14.1. The van der Waals surface area contributed by atoms with Crippen molar-refractivity contribution >= 4 is 5.91 Å². The van der Waals surface area contributed by atoms with Crippen LogP contribution in [0.2, 0.25) is 0 Å². The summed E-state index contributed by atoms with van der Waals surface area (Å²) in [5.41, 5.74) is -0.204. The molecule has 0 saturated carbocycles. The zero-order chi connectivity index (χ0) is 14.5. The number of carbonyl (C=O) groups excluding carboxylic acids is 1. The Bertz CT molecular complexity index is 617. The van der Waals surface area contributed by atoms with E-state index in [4.69, 9.17) is 4.42 Å². The van der Waals surface area contributed by atoms with Crippen LogP contribution >= 0.6 is 0 Å². The van der Waals surface area contributed by atoms with Gasteiger partial charge < -0.3 is 14.7 Å². The molecule has 0 aromatic carbocycles. The van der Waals surface area contributed by atoms with E-state index in [0.29, 0.717) is 6.54 Å². The van der Waals surface area contributed by atoms with Crippen molar-refractivity contribution < 1.29 is 9.21 Å². The number of rotatable bonds is 5. The lowest BCUT2D eigenvalue weighted by Crippen LogP contribution is -2.36. The molecule has 1 unspecified atom stereocenters. The molecule has 0 aliphatic carbocycles. The van der Waals surface area contributed by atoms with E-state index in [1.54, 1.807) is 12.3 Å². The number of amides is 1. The summed E-state index contributed by atoms with van der Waals surface area (Å²) in [7, 11) is 3.79. The highest BCUT2D eigenvalue weighted by atomic mass is 16.3. The van der Waals surface area contributed by atoms with Gasteiger partial charge in [0.1, 0.15) is 11.3 Å². The highest BCUT2D eigenvalue weighted by Gasteiger charge is 2.18. The van der Waals surface area contributed by atoms with Crippen LogP contribution in [0.4, 0.5) is 0 Å². The number of likely N-dealkylation sites (N-methyl/N-ethyl adjacent to an activating group) is 1. The molecule has 0 spiro atoms.